The highest BCUT2D eigenvalue weighted by Gasteiger charge is 2.22. The van der Waals surface area contributed by atoms with Crippen molar-refractivity contribution in [2.75, 3.05) is 0 Å². The van der Waals surface area contributed by atoms with E-state index >= 15 is 0 Å². The van der Waals surface area contributed by atoms with Crippen LogP contribution in [0.2, 0.25) is 0 Å². The van der Waals surface area contributed by atoms with Gasteiger partial charge in [0, 0.05) is 18.5 Å². The molecule has 6 nitrogen and oxygen atoms in total. The van der Waals surface area contributed by atoms with Gasteiger partial charge in [-0.2, -0.15) is 0 Å². The quantitative estimate of drug-likeness (QED) is 0.518. The number of hydrogen-bond donors (Lipinski definition) is 2. The Hall–Kier alpha value is -3.52. The third kappa shape index (κ3) is 3.81. The van der Waals surface area contributed by atoms with Crippen LogP contribution in [-0.2, 0) is 13.0 Å². The van der Waals surface area contributed by atoms with Crippen molar-refractivity contribution in [2.24, 2.45) is 0 Å². The maximum atomic E-state index is 13.1. The van der Waals surface area contributed by atoms with Crippen molar-refractivity contribution in [3.63, 3.8) is 0 Å². The van der Waals surface area contributed by atoms with Crippen LogP contribution in [0.25, 0.3) is 4.83 Å². The van der Waals surface area contributed by atoms with E-state index in [9.17, 15) is 18.8 Å². The summed E-state index contributed by atoms with van der Waals surface area (Å²) < 4.78 is 14.5. The summed E-state index contributed by atoms with van der Waals surface area (Å²) in [4.78, 5) is 40.7. The topological polar surface area (TPSA) is 83.4 Å². The summed E-state index contributed by atoms with van der Waals surface area (Å²) in [5.74, 6) is -0.704. The van der Waals surface area contributed by atoms with Crippen LogP contribution in [0.15, 0.2) is 64.2 Å². The maximum absolute atomic E-state index is 13.1. The molecule has 152 valence electrons. The van der Waals surface area contributed by atoms with E-state index in [-0.39, 0.29) is 18.3 Å². The molecule has 0 unspecified atom stereocenters. The molecule has 0 aliphatic carbocycles. The first-order chi connectivity index (χ1) is 14.4. The molecule has 0 bridgehead atoms. The van der Waals surface area contributed by atoms with Crippen molar-refractivity contribution >= 4 is 22.1 Å². The molecule has 2 aromatic carbocycles. The van der Waals surface area contributed by atoms with Crippen LogP contribution < -0.4 is 16.6 Å². The van der Waals surface area contributed by atoms with Crippen LogP contribution in [0.1, 0.15) is 32.1 Å². The molecule has 30 heavy (non-hydrogen) atoms. The lowest BCUT2D eigenvalue weighted by atomic mass is 10.1. The number of hydrogen-bond acceptors (Lipinski definition) is 4. The van der Waals surface area contributed by atoms with Crippen LogP contribution >= 0.6 is 11.3 Å². The number of aromatic amines is 1. The lowest BCUT2D eigenvalue weighted by Gasteiger charge is -2.07. The van der Waals surface area contributed by atoms with Crippen molar-refractivity contribution < 1.29 is 9.18 Å². The number of amides is 1. The van der Waals surface area contributed by atoms with Gasteiger partial charge in [0.15, 0.2) is 0 Å². The Morgan fingerprint density at radius 1 is 1.07 bits per heavy atom. The zero-order valence-corrected chi connectivity index (χ0v) is 16.9. The molecule has 0 aliphatic heterocycles. The van der Waals surface area contributed by atoms with Gasteiger partial charge in [-0.1, -0.05) is 42.5 Å². The number of benzene rings is 2. The first-order valence-electron chi connectivity index (χ1n) is 9.28. The number of thiazole rings is 1. The van der Waals surface area contributed by atoms with Crippen molar-refractivity contribution in [1.82, 2.24) is 14.7 Å². The Morgan fingerprint density at radius 2 is 1.77 bits per heavy atom. The number of fused-ring (bicyclic) bond motifs is 1. The average Bonchev–Trinajstić information content (AvgIpc) is 3.12. The molecular weight excluding hydrogens is 405 g/mol. The Kier molecular flexibility index (Phi) is 5.33. The predicted octanol–water partition coefficient (Wildman–Crippen LogP) is 3.02. The normalized spacial score (nSPS) is 11.0. The van der Waals surface area contributed by atoms with E-state index < -0.39 is 11.2 Å². The monoisotopic (exact) mass is 423 g/mol. The summed E-state index contributed by atoms with van der Waals surface area (Å²) in [5, 5.41) is 2.82. The van der Waals surface area contributed by atoms with Crippen molar-refractivity contribution in [3.05, 3.63) is 109 Å². The van der Waals surface area contributed by atoms with Crippen LogP contribution in [0, 0.1) is 12.7 Å². The van der Waals surface area contributed by atoms with Crippen molar-refractivity contribution in [1.29, 1.82) is 0 Å². The fourth-order valence-electron chi connectivity index (χ4n) is 3.22. The van der Waals surface area contributed by atoms with Gasteiger partial charge in [-0.3, -0.25) is 19.0 Å². The van der Waals surface area contributed by atoms with Gasteiger partial charge in [0.25, 0.3) is 11.5 Å². The Bertz CT molecular complexity index is 1340. The second-order valence-corrected chi connectivity index (χ2v) is 7.87. The lowest BCUT2D eigenvalue weighted by Crippen LogP contribution is -2.29. The van der Waals surface area contributed by atoms with Gasteiger partial charge < -0.3 is 5.32 Å². The number of rotatable bonds is 5. The Balaban J connectivity index is 1.76. The predicted molar refractivity (Wildman–Crippen MR) is 114 cm³/mol. The fraction of sp³-hybridized carbons (Fsp3) is 0.136. The molecule has 0 saturated heterocycles. The minimum Gasteiger partial charge on any atom is -0.347 e. The minimum absolute atomic E-state index is 0.213. The smallest absolute Gasteiger partial charge is 0.333 e. The summed E-state index contributed by atoms with van der Waals surface area (Å²) in [6, 6.07) is 15.3. The van der Waals surface area contributed by atoms with E-state index in [1.165, 1.54) is 16.5 Å². The second-order valence-electron chi connectivity index (χ2n) is 6.87. The molecule has 8 heteroatoms. The van der Waals surface area contributed by atoms with Crippen molar-refractivity contribution in [2.45, 2.75) is 19.9 Å². The largest absolute Gasteiger partial charge is 0.347 e. The van der Waals surface area contributed by atoms with Gasteiger partial charge in [0.2, 0.25) is 0 Å². The summed E-state index contributed by atoms with van der Waals surface area (Å²) in [6.07, 6.45) is 0.353. The molecule has 1 amide bonds. The van der Waals surface area contributed by atoms with Crippen LogP contribution in [0.5, 0.6) is 0 Å². The first-order valence-corrected chi connectivity index (χ1v) is 10.1. The second kappa shape index (κ2) is 8.08. The van der Waals surface area contributed by atoms with Gasteiger partial charge >= 0.3 is 5.69 Å². The zero-order valence-electron chi connectivity index (χ0n) is 16.1. The van der Waals surface area contributed by atoms with E-state index in [1.807, 2.05) is 30.3 Å². The van der Waals surface area contributed by atoms with Gasteiger partial charge in [0.1, 0.15) is 15.5 Å². The summed E-state index contributed by atoms with van der Waals surface area (Å²) in [6.45, 7) is 1.83. The molecule has 0 spiro atoms. The number of nitrogens with one attached hydrogen (secondary N) is 2. The van der Waals surface area contributed by atoms with E-state index in [2.05, 4.69) is 10.3 Å². The molecular formula is C22H18FN3O3S. The molecule has 0 fully saturated rings. The first kappa shape index (κ1) is 19.8. The number of carbonyl (C=O) groups excluding carboxylic acids is 1. The highest BCUT2D eigenvalue weighted by Crippen LogP contribution is 2.25. The molecule has 2 heterocycles. The number of carbonyl (C=O) groups is 1. The SMILES string of the molecule is Cc1c(=O)[nH]c(=O)n2c(Cc3ccccc3)c(C(=O)NCc3ccc(F)cc3)sc12. The Morgan fingerprint density at radius 3 is 2.47 bits per heavy atom. The van der Waals surface area contributed by atoms with E-state index in [0.717, 1.165) is 22.5 Å². The highest BCUT2D eigenvalue weighted by atomic mass is 32.1. The van der Waals surface area contributed by atoms with Crippen LogP contribution in [-0.4, -0.2) is 15.3 Å². The standard InChI is InChI=1S/C22H18FN3O3S/c1-13-19(27)25-22(29)26-17(11-14-5-3-2-4-6-14)18(30-21(13)26)20(28)24-12-15-7-9-16(23)10-8-15/h2-10H,11-12H2,1H3,(H,24,28)(H,25,27,29). The number of H-pyrrole nitrogens is 1. The number of aryl methyl sites for hydroxylation is 1. The van der Waals surface area contributed by atoms with Gasteiger partial charge in [-0.25, -0.2) is 9.18 Å². The van der Waals surface area contributed by atoms with Gasteiger partial charge in [-0.05, 0) is 30.2 Å². The third-order valence-corrected chi connectivity index (χ3v) is 6.11. The average molecular weight is 423 g/mol. The summed E-state index contributed by atoms with van der Waals surface area (Å²) in [5.41, 5.74) is 1.54. The maximum Gasteiger partial charge on any atom is 0.333 e. The van der Waals surface area contributed by atoms with Gasteiger partial charge in [0.05, 0.1) is 5.69 Å². The zero-order chi connectivity index (χ0) is 21.3. The molecule has 0 atom stereocenters. The lowest BCUT2D eigenvalue weighted by molar-refractivity contribution is 0.0954. The minimum atomic E-state index is -0.569. The molecule has 0 aliphatic rings. The van der Waals surface area contributed by atoms with E-state index in [0.29, 0.717) is 27.4 Å². The van der Waals surface area contributed by atoms with Crippen LogP contribution in [0.3, 0.4) is 0 Å². The fourth-order valence-corrected chi connectivity index (χ4v) is 4.39. The molecule has 2 N–H and O–H groups in total. The Labute approximate surface area is 174 Å². The third-order valence-electron chi connectivity index (χ3n) is 4.81. The highest BCUT2D eigenvalue weighted by molar-refractivity contribution is 7.19. The molecule has 4 rings (SSSR count). The number of aromatic nitrogens is 2. The van der Waals surface area contributed by atoms with Crippen molar-refractivity contribution in [3.8, 4) is 0 Å². The summed E-state index contributed by atoms with van der Waals surface area (Å²) in [7, 11) is 0. The van der Waals surface area contributed by atoms with E-state index in [4.69, 9.17) is 0 Å². The molecule has 2 aromatic heterocycles. The number of nitrogens with zero attached hydrogens (tertiary/aromatic N) is 1. The molecule has 0 saturated carbocycles. The summed E-state index contributed by atoms with van der Waals surface area (Å²) >= 11 is 1.11. The molecule has 4 aromatic rings. The van der Waals surface area contributed by atoms with Crippen LogP contribution in [0.4, 0.5) is 4.39 Å². The number of halogens is 1. The van der Waals surface area contributed by atoms with E-state index in [1.54, 1.807) is 19.1 Å². The molecule has 0 radical (unpaired) electrons. The van der Waals surface area contributed by atoms with Gasteiger partial charge in [-0.15, -0.1) is 11.3 Å².